The van der Waals surface area contributed by atoms with E-state index in [-0.39, 0.29) is 6.10 Å². The van der Waals surface area contributed by atoms with Crippen LogP contribution in [0.25, 0.3) is 0 Å². The highest BCUT2D eigenvalue weighted by molar-refractivity contribution is 5.58. The van der Waals surface area contributed by atoms with Gasteiger partial charge in [0.1, 0.15) is 11.6 Å². The maximum Gasteiger partial charge on any atom is 0.169 e. The molecule has 2 heterocycles. The highest BCUT2D eigenvalue weighted by Crippen LogP contribution is 2.24. The van der Waals surface area contributed by atoms with Crippen LogP contribution >= 0.6 is 0 Å². The van der Waals surface area contributed by atoms with Crippen LogP contribution in [0.2, 0.25) is 0 Å². The summed E-state index contributed by atoms with van der Waals surface area (Å²) in [4.78, 5) is 2.06. The number of anilines is 1. The third-order valence-corrected chi connectivity index (χ3v) is 3.64. The van der Waals surface area contributed by atoms with Gasteiger partial charge in [-0.1, -0.05) is 13.8 Å². The summed E-state index contributed by atoms with van der Waals surface area (Å²) in [6.45, 7) is 6.53. The molecule has 0 saturated carbocycles. The van der Waals surface area contributed by atoms with Crippen LogP contribution in [0, 0.1) is 11.3 Å². The maximum absolute atomic E-state index is 9.50. The third-order valence-electron chi connectivity index (χ3n) is 3.64. The van der Waals surface area contributed by atoms with Crippen molar-refractivity contribution in [2.24, 2.45) is 5.73 Å². The summed E-state index contributed by atoms with van der Waals surface area (Å²) in [6.07, 6.45) is 1.58. The van der Waals surface area contributed by atoms with Gasteiger partial charge in [-0.3, -0.25) is 0 Å². The molecule has 2 N–H and O–H groups in total. The van der Waals surface area contributed by atoms with Gasteiger partial charge < -0.3 is 15.4 Å². The van der Waals surface area contributed by atoms with E-state index in [9.17, 15) is 5.26 Å². The molecule has 1 aliphatic heterocycles. The number of aromatic nitrogens is 2. The Morgan fingerprint density at radius 1 is 1.40 bits per heavy atom. The summed E-state index contributed by atoms with van der Waals surface area (Å²) in [5, 5.41) is 18.1. The Morgan fingerprint density at radius 3 is 2.80 bits per heavy atom. The van der Waals surface area contributed by atoms with Crippen LogP contribution in [0.15, 0.2) is 0 Å². The fraction of sp³-hybridized carbons (Fsp3) is 0.643. The molecule has 1 atom stereocenters. The average molecular weight is 275 g/mol. The van der Waals surface area contributed by atoms with Crippen molar-refractivity contribution in [3.63, 3.8) is 0 Å². The molecule has 0 radical (unpaired) electrons. The van der Waals surface area contributed by atoms with Gasteiger partial charge in [0.25, 0.3) is 0 Å². The van der Waals surface area contributed by atoms with Crippen molar-refractivity contribution in [3.05, 3.63) is 16.8 Å². The molecule has 6 nitrogen and oxygen atoms in total. The Balaban J connectivity index is 2.39. The largest absolute Gasteiger partial charge is 0.373 e. The lowest BCUT2D eigenvalue weighted by molar-refractivity contribution is 0.0462. The van der Waals surface area contributed by atoms with Gasteiger partial charge in [0, 0.05) is 19.6 Å². The molecule has 1 aromatic rings. The lowest BCUT2D eigenvalue weighted by atomic mass is 10.0. The molecule has 20 heavy (non-hydrogen) atoms. The summed E-state index contributed by atoms with van der Waals surface area (Å²) >= 11 is 0. The number of hydrogen-bond acceptors (Lipinski definition) is 6. The van der Waals surface area contributed by atoms with Gasteiger partial charge in [-0.15, -0.1) is 5.10 Å². The van der Waals surface area contributed by atoms with Crippen LogP contribution in [-0.4, -0.2) is 42.5 Å². The second-order valence-corrected chi connectivity index (χ2v) is 4.82. The molecule has 0 bridgehead atoms. The first kappa shape index (κ1) is 14.7. The standard InChI is InChI=1S/C14H21N5O/c1-3-11-12(8-16)14(18-17-13(11)4-2)19-5-6-20-10(7-15)9-19/h10H,3-7,9,15H2,1-2H3. The zero-order valence-corrected chi connectivity index (χ0v) is 12.1. The smallest absolute Gasteiger partial charge is 0.169 e. The van der Waals surface area contributed by atoms with E-state index in [4.69, 9.17) is 10.5 Å². The average Bonchev–Trinajstić information content (AvgIpc) is 2.53. The number of hydrogen-bond donors (Lipinski definition) is 1. The Morgan fingerprint density at radius 2 is 2.20 bits per heavy atom. The van der Waals surface area contributed by atoms with Crippen molar-refractivity contribution in [2.75, 3.05) is 31.1 Å². The van der Waals surface area contributed by atoms with Crippen LogP contribution in [0.3, 0.4) is 0 Å². The number of morpholine rings is 1. The number of rotatable bonds is 4. The van der Waals surface area contributed by atoms with Gasteiger partial charge in [0.2, 0.25) is 0 Å². The van der Waals surface area contributed by atoms with Gasteiger partial charge in [0.05, 0.1) is 18.4 Å². The van der Waals surface area contributed by atoms with E-state index in [1.807, 2.05) is 13.8 Å². The fourth-order valence-electron chi connectivity index (χ4n) is 2.56. The predicted octanol–water partition coefficient (Wildman–Crippen LogP) is 0.637. The summed E-state index contributed by atoms with van der Waals surface area (Å²) in [7, 11) is 0. The lowest BCUT2D eigenvalue weighted by Crippen LogP contribution is -2.46. The molecule has 1 aliphatic rings. The van der Waals surface area contributed by atoms with Gasteiger partial charge >= 0.3 is 0 Å². The van der Waals surface area contributed by atoms with Crippen molar-refractivity contribution in [2.45, 2.75) is 32.8 Å². The molecule has 108 valence electrons. The van der Waals surface area contributed by atoms with E-state index < -0.39 is 0 Å². The molecule has 0 amide bonds. The molecule has 0 spiro atoms. The minimum Gasteiger partial charge on any atom is -0.373 e. The van der Waals surface area contributed by atoms with Crippen molar-refractivity contribution < 1.29 is 4.74 Å². The minimum absolute atomic E-state index is 0.00646. The van der Waals surface area contributed by atoms with Crippen LogP contribution in [0.4, 0.5) is 5.82 Å². The Bertz CT molecular complexity index is 511. The Labute approximate surface area is 119 Å². The van der Waals surface area contributed by atoms with Crippen LogP contribution in [-0.2, 0) is 17.6 Å². The second-order valence-electron chi connectivity index (χ2n) is 4.82. The monoisotopic (exact) mass is 275 g/mol. The molecular weight excluding hydrogens is 254 g/mol. The first-order chi connectivity index (χ1) is 9.74. The number of nitriles is 1. The number of nitrogens with two attached hydrogens (primary N) is 1. The Kier molecular flexibility index (Phi) is 4.88. The summed E-state index contributed by atoms with van der Waals surface area (Å²) < 4.78 is 5.56. The number of aryl methyl sites for hydroxylation is 1. The minimum atomic E-state index is -0.00646. The van der Waals surface area contributed by atoms with Crippen molar-refractivity contribution in [1.29, 1.82) is 5.26 Å². The van der Waals surface area contributed by atoms with E-state index in [1.165, 1.54) is 0 Å². The molecule has 0 aromatic carbocycles. The van der Waals surface area contributed by atoms with Gasteiger partial charge in [0.15, 0.2) is 5.82 Å². The SMILES string of the molecule is CCc1nnc(N2CCOC(CN)C2)c(C#N)c1CC. The van der Waals surface area contributed by atoms with E-state index in [1.54, 1.807) is 0 Å². The van der Waals surface area contributed by atoms with Crippen molar-refractivity contribution >= 4 is 5.82 Å². The molecule has 1 saturated heterocycles. The quantitative estimate of drug-likeness (QED) is 0.867. The van der Waals surface area contributed by atoms with E-state index in [0.29, 0.717) is 37.6 Å². The van der Waals surface area contributed by atoms with Crippen LogP contribution in [0.1, 0.15) is 30.7 Å². The molecule has 2 rings (SSSR count). The highest BCUT2D eigenvalue weighted by atomic mass is 16.5. The third kappa shape index (κ3) is 2.74. The van der Waals surface area contributed by atoms with Crippen LogP contribution in [0.5, 0.6) is 0 Å². The van der Waals surface area contributed by atoms with Crippen molar-refractivity contribution in [1.82, 2.24) is 10.2 Å². The molecule has 1 unspecified atom stereocenters. The van der Waals surface area contributed by atoms with E-state index >= 15 is 0 Å². The molecule has 6 heteroatoms. The molecule has 0 aliphatic carbocycles. The first-order valence-electron chi connectivity index (χ1n) is 7.10. The van der Waals surface area contributed by atoms with Crippen molar-refractivity contribution in [3.8, 4) is 6.07 Å². The maximum atomic E-state index is 9.50. The number of nitrogens with zero attached hydrogens (tertiary/aromatic N) is 4. The van der Waals surface area contributed by atoms with Gasteiger partial charge in [-0.2, -0.15) is 10.4 Å². The summed E-state index contributed by atoms with van der Waals surface area (Å²) in [5.41, 5.74) is 8.24. The molecule has 1 aromatic heterocycles. The first-order valence-corrected chi connectivity index (χ1v) is 7.10. The predicted molar refractivity (Wildman–Crippen MR) is 76.5 cm³/mol. The van der Waals surface area contributed by atoms with Gasteiger partial charge in [-0.05, 0) is 18.4 Å². The lowest BCUT2D eigenvalue weighted by Gasteiger charge is -2.33. The summed E-state index contributed by atoms with van der Waals surface area (Å²) in [5.74, 6) is 0.670. The number of ether oxygens (including phenoxy) is 1. The zero-order chi connectivity index (χ0) is 14.5. The molecule has 1 fully saturated rings. The Hall–Kier alpha value is -1.71. The molecular formula is C14H21N5O. The van der Waals surface area contributed by atoms with E-state index in [2.05, 4.69) is 21.2 Å². The second kappa shape index (κ2) is 6.64. The highest BCUT2D eigenvalue weighted by Gasteiger charge is 2.25. The fourth-order valence-corrected chi connectivity index (χ4v) is 2.56. The van der Waals surface area contributed by atoms with Crippen LogP contribution < -0.4 is 10.6 Å². The zero-order valence-electron chi connectivity index (χ0n) is 12.1. The summed E-state index contributed by atoms with van der Waals surface area (Å²) in [6, 6.07) is 2.30. The normalized spacial score (nSPS) is 18.9. The topological polar surface area (TPSA) is 88.1 Å². The van der Waals surface area contributed by atoms with E-state index in [0.717, 1.165) is 24.1 Å². The van der Waals surface area contributed by atoms with Gasteiger partial charge in [-0.25, -0.2) is 0 Å².